The van der Waals surface area contributed by atoms with Gasteiger partial charge in [-0.25, -0.2) is 0 Å². The molecule has 1 rings (SSSR count). The molecule has 0 saturated heterocycles. The van der Waals surface area contributed by atoms with Crippen LogP contribution in [-0.2, 0) is 0 Å². The average Bonchev–Trinajstić information content (AvgIpc) is 2.08. The van der Waals surface area contributed by atoms with Gasteiger partial charge in [-0.1, -0.05) is 12.1 Å². The molecule has 0 aliphatic rings. The lowest BCUT2D eigenvalue weighted by molar-refractivity contribution is 0.282. The lowest BCUT2D eigenvalue weighted by Crippen LogP contribution is -1.99. The Morgan fingerprint density at radius 2 is 2.25 bits per heavy atom. The first-order valence-electron chi connectivity index (χ1n) is 3.85. The van der Waals surface area contributed by atoms with Crippen LogP contribution in [0.25, 0.3) is 0 Å². The first kappa shape index (κ1) is 9.99. The number of benzene rings is 1. The fourth-order valence-electron chi connectivity index (χ4n) is 1.03. The van der Waals surface area contributed by atoms with E-state index in [0.29, 0.717) is 0 Å². The number of aliphatic hydroxyl groups is 1. The van der Waals surface area contributed by atoms with Crippen molar-refractivity contribution in [1.29, 1.82) is 0 Å². The van der Waals surface area contributed by atoms with Gasteiger partial charge in [0.25, 0.3) is 0 Å². The Bertz CT molecular complexity index is 271. The van der Waals surface area contributed by atoms with Crippen LogP contribution in [0.4, 0.5) is 0 Å². The van der Waals surface area contributed by atoms with E-state index >= 15 is 0 Å². The van der Waals surface area contributed by atoms with Crippen molar-refractivity contribution in [2.24, 2.45) is 0 Å². The van der Waals surface area contributed by atoms with Gasteiger partial charge in [0.2, 0.25) is 0 Å². The SMILES string of the molecule is [CH2]C(CO)c1ccc(I)c(C)c1. The molecule has 0 heterocycles. The van der Waals surface area contributed by atoms with Crippen LogP contribution in [0.2, 0.25) is 0 Å². The van der Waals surface area contributed by atoms with Crippen molar-refractivity contribution in [3.63, 3.8) is 0 Å². The van der Waals surface area contributed by atoms with Gasteiger partial charge in [-0.05, 0) is 53.6 Å². The molecule has 0 saturated carbocycles. The Labute approximate surface area is 86.9 Å². The van der Waals surface area contributed by atoms with E-state index in [9.17, 15) is 0 Å². The predicted octanol–water partition coefficient (Wildman–Crippen LogP) is 2.51. The lowest BCUT2D eigenvalue weighted by atomic mass is 10.0. The van der Waals surface area contributed by atoms with Crippen molar-refractivity contribution in [1.82, 2.24) is 0 Å². The zero-order chi connectivity index (χ0) is 9.14. The van der Waals surface area contributed by atoms with Gasteiger partial charge < -0.3 is 5.11 Å². The molecule has 12 heavy (non-hydrogen) atoms. The second kappa shape index (κ2) is 4.23. The Balaban J connectivity index is 2.96. The molecule has 0 spiro atoms. The molecule has 1 atom stereocenters. The lowest BCUT2D eigenvalue weighted by Gasteiger charge is -2.09. The summed E-state index contributed by atoms with van der Waals surface area (Å²) in [5.41, 5.74) is 2.35. The van der Waals surface area contributed by atoms with Crippen LogP contribution in [0.1, 0.15) is 17.0 Å². The monoisotopic (exact) mass is 275 g/mol. The Morgan fingerprint density at radius 1 is 1.58 bits per heavy atom. The Kier molecular flexibility index (Phi) is 3.53. The third-order valence-electron chi connectivity index (χ3n) is 1.87. The second-order valence-corrected chi connectivity index (χ2v) is 4.05. The van der Waals surface area contributed by atoms with Crippen LogP contribution in [0.15, 0.2) is 18.2 Å². The summed E-state index contributed by atoms with van der Waals surface area (Å²) in [6, 6.07) is 6.15. The van der Waals surface area contributed by atoms with Gasteiger partial charge in [0.1, 0.15) is 0 Å². The highest BCUT2D eigenvalue weighted by Gasteiger charge is 2.04. The fraction of sp³-hybridized carbons (Fsp3) is 0.300. The third kappa shape index (κ3) is 2.20. The van der Waals surface area contributed by atoms with E-state index in [4.69, 9.17) is 5.11 Å². The molecule has 1 unspecified atom stereocenters. The van der Waals surface area contributed by atoms with Gasteiger partial charge >= 0.3 is 0 Å². The molecule has 1 aromatic carbocycles. The summed E-state index contributed by atoms with van der Waals surface area (Å²) in [7, 11) is 0. The summed E-state index contributed by atoms with van der Waals surface area (Å²) >= 11 is 2.29. The minimum Gasteiger partial charge on any atom is -0.396 e. The van der Waals surface area contributed by atoms with Crippen LogP contribution < -0.4 is 0 Å². The average molecular weight is 275 g/mol. The molecule has 2 heteroatoms. The first-order valence-corrected chi connectivity index (χ1v) is 4.93. The van der Waals surface area contributed by atoms with Gasteiger partial charge in [0.05, 0.1) is 0 Å². The molecule has 65 valence electrons. The van der Waals surface area contributed by atoms with Gasteiger partial charge in [-0.2, -0.15) is 0 Å². The van der Waals surface area contributed by atoms with Crippen LogP contribution in [0.5, 0.6) is 0 Å². The smallest absolute Gasteiger partial charge is 0.0499 e. The minimum atomic E-state index is 0.000648. The van der Waals surface area contributed by atoms with Gasteiger partial charge in [-0.3, -0.25) is 0 Å². The molecular weight excluding hydrogens is 263 g/mol. The number of halogens is 1. The zero-order valence-electron chi connectivity index (χ0n) is 7.05. The maximum absolute atomic E-state index is 8.88. The summed E-state index contributed by atoms with van der Waals surface area (Å²) in [6.45, 7) is 6.02. The maximum atomic E-state index is 8.88. The molecule has 1 radical (unpaired) electrons. The van der Waals surface area contributed by atoms with Crippen LogP contribution >= 0.6 is 22.6 Å². The highest BCUT2D eigenvalue weighted by Crippen LogP contribution is 2.19. The summed E-state index contributed by atoms with van der Waals surface area (Å²) < 4.78 is 1.25. The molecule has 1 N–H and O–H groups in total. The highest BCUT2D eigenvalue weighted by molar-refractivity contribution is 14.1. The molecule has 0 aromatic heterocycles. The second-order valence-electron chi connectivity index (χ2n) is 2.89. The number of aryl methyl sites for hydroxylation is 1. The van der Waals surface area contributed by atoms with Crippen LogP contribution in [0.3, 0.4) is 0 Å². The van der Waals surface area contributed by atoms with E-state index in [1.54, 1.807) is 0 Å². The van der Waals surface area contributed by atoms with Gasteiger partial charge in [-0.15, -0.1) is 0 Å². The number of hydrogen-bond acceptors (Lipinski definition) is 1. The van der Waals surface area contributed by atoms with Crippen molar-refractivity contribution in [2.45, 2.75) is 12.8 Å². The Hall–Kier alpha value is -0.0900. The third-order valence-corrected chi connectivity index (χ3v) is 3.08. The predicted molar refractivity (Wildman–Crippen MR) is 59.1 cm³/mol. The van der Waals surface area contributed by atoms with Crippen molar-refractivity contribution in [3.8, 4) is 0 Å². The summed E-state index contributed by atoms with van der Waals surface area (Å²) in [5, 5.41) is 8.88. The molecule has 0 fully saturated rings. The Morgan fingerprint density at radius 3 is 2.75 bits per heavy atom. The standard InChI is InChI=1S/C10H12IO/c1-7-5-9(8(2)6-12)3-4-10(7)11/h3-5,8,12H,2,6H2,1H3. The largest absolute Gasteiger partial charge is 0.396 e. The van der Waals surface area contributed by atoms with E-state index in [2.05, 4.69) is 48.6 Å². The van der Waals surface area contributed by atoms with E-state index in [-0.39, 0.29) is 12.5 Å². The zero-order valence-corrected chi connectivity index (χ0v) is 9.21. The van der Waals surface area contributed by atoms with Crippen LogP contribution in [0, 0.1) is 17.4 Å². The quantitative estimate of drug-likeness (QED) is 0.822. The van der Waals surface area contributed by atoms with E-state index in [0.717, 1.165) is 5.56 Å². The number of rotatable bonds is 2. The summed E-state index contributed by atoms with van der Waals surface area (Å²) in [6.07, 6.45) is 0. The van der Waals surface area contributed by atoms with E-state index in [1.807, 2.05) is 6.07 Å². The molecule has 0 aliphatic carbocycles. The van der Waals surface area contributed by atoms with E-state index in [1.165, 1.54) is 9.13 Å². The number of hydrogen-bond donors (Lipinski definition) is 1. The van der Waals surface area contributed by atoms with Crippen LogP contribution in [-0.4, -0.2) is 11.7 Å². The van der Waals surface area contributed by atoms with E-state index < -0.39 is 0 Å². The summed E-state index contributed by atoms with van der Waals surface area (Å²) in [4.78, 5) is 0. The van der Waals surface area contributed by atoms with Crippen molar-refractivity contribution >= 4 is 22.6 Å². The fourth-order valence-corrected chi connectivity index (χ4v) is 1.36. The maximum Gasteiger partial charge on any atom is 0.0499 e. The molecular formula is C10H12IO. The molecule has 0 amide bonds. The van der Waals surface area contributed by atoms with Gasteiger partial charge in [0, 0.05) is 16.1 Å². The minimum absolute atomic E-state index is 0.000648. The molecule has 1 aromatic rings. The molecule has 1 nitrogen and oxygen atoms in total. The van der Waals surface area contributed by atoms with Crippen molar-refractivity contribution in [2.75, 3.05) is 6.61 Å². The normalized spacial score (nSPS) is 13.0. The topological polar surface area (TPSA) is 20.2 Å². The molecule has 0 bridgehead atoms. The highest BCUT2D eigenvalue weighted by atomic mass is 127. The van der Waals surface area contributed by atoms with Crippen molar-refractivity contribution in [3.05, 3.63) is 39.8 Å². The van der Waals surface area contributed by atoms with Crippen molar-refractivity contribution < 1.29 is 5.11 Å². The van der Waals surface area contributed by atoms with Gasteiger partial charge in [0.15, 0.2) is 0 Å². The summed E-state index contributed by atoms with van der Waals surface area (Å²) in [5.74, 6) is 0.000648. The molecule has 0 aliphatic heterocycles. The first-order chi connectivity index (χ1) is 5.65. The number of aliphatic hydroxyl groups excluding tert-OH is 1.